The van der Waals surface area contributed by atoms with Gasteiger partial charge in [-0.15, -0.1) is 0 Å². The lowest BCUT2D eigenvalue weighted by Gasteiger charge is -2.24. The molecule has 2 bridgehead atoms. The van der Waals surface area contributed by atoms with E-state index in [0.29, 0.717) is 5.92 Å². The molecule has 1 heterocycles. The fourth-order valence-electron chi connectivity index (χ4n) is 4.45. The molecule has 1 amide bonds. The molecule has 1 saturated heterocycles. The Bertz CT molecular complexity index is 637. The Hall–Kier alpha value is -1.84. The first kappa shape index (κ1) is 12.9. The second-order valence-electron chi connectivity index (χ2n) is 6.73. The van der Waals surface area contributed by atoms with Gasteiger partial charge in [0.2, 0.25) is 5.91 Å². The molecule has 5 atom stereocenters. The lowest BCUT2D eigenvalue weighted by atomic mass is 9.79. The number of hydrogen-bond acceptors (Lipinski definition) is 3. The molecule has 4 heteroatoms. The van der Waals surface area contributed by atoms with Crippen molar-refractivity contribution in [1.82, 2.24) is 0 Å². The SMILES string of the molecule is Cc1ccc(C)c(NC(=O)[C@@H]2[C@@H]3C[C@@H]4[C@@H]2C(=O)O[C@@H]4C3)c1. The lowest BCUT2D eigenvalue weighted by Crippen LogP contribution is -2.36. The Labute approximate surface area is 123 Å². The van der Waals surface area contributed by atoms with Crippen molar-refractivity contribution in [3.63, 3.8) is 0 Å². The van der Waals surface area contributed by atoms with E-state index < -0.39 is 0 Å². The van der Waals surface area contributed by atoms with Gasteiger partial charge in [-0.2, -0.15) is 0 Å². The second-order valence-corrected chi connectivity index (χ2v) is 6.73. The highest BCUT2D eigenvalue weighted by atomic mass is 16.6. The van der Waals surface area contributed by atoms with E-state index in [2.05, 4.69) is 5.32 Å². The van der Waals surface area contributed by atoms with Gasteiger partial charge in [-0.1, -0.05) is 12.1 Å². The Morgan fingerprint density at radius 2 is 2.10 bits per heavy atom. The third kappa shape index (κ3) is 1.81. The monoisotopic (exact) mass is 285 g/mol. The smallest absolute Gasteiger partial charge is 0.310 e. The summed E-state index contributed by atoms with van der Waals surface area (Å²) >= 11 is 0. The zero-order chi connectivity index (χ0) is 14.7. The van der Waals surface area contributed by atoms with Gasteiger partial charge in [0.15, 0.2) is 0 Å². The first-order chi connectivity index (χ1) is 10.0. The minimum atomic E-state index is -0.209. The van der Waals surface area contributed by atoms with Gasteiger partial charge < -0.3 is 10.1 Å². The van der Waals surface area contributed by atoms with E-state index in [1.807, 2.05) is 32.0 Å². The highest BCUT2D eigenvalue weighted by molar-refractivity contribution is 5.97. The van der Waals surface area contributed by atoms with E-state index in [9.17, 15) is 9.59 Å². The molecule has 2 saturated carbocycles. The van der Waals surface area contributed by atoms with Crippen LogP contribution in [-0.2, 0) is 14.3 Å². The summed E-state index contributed by atoms with van der Waals surface area (Å²) in [5.41, 5.74) is 3.01. The number of amides is 1. The second kappa shape index (κ2) is 4.33. The van der Waals surface area contributed by atoms with Crippen LogP contribution in [-0.4, -0.2) is 18.0 Å². The first-order valence-electron chi connectivity index (χ1n) is 7.63. The van der Waals surface area contributed by atoms with E-state index in [4.69, 9.17) is 4.74 Å². The standard InChI is InChI=1S/C17H19NO3/c1-8-3-4-9(2)12(5-8)18-16(19)14-10-6-11-13(7-10)21-17(20)15(11)14/h3-5,10-11,13-15H,6-7H2,1-2H3,(H,18,19)/t10-,11+,13-,14-,15+/m1/s1. The normalized spacial score (nSPS) is 35.9. The number of anilines is 1. The van der Waals surface area contributed by atoms with Crippen molar-refractivity contribution in [1.29, 1.82) is 0 Å². The highest BCUT2D eigenvalue weighted by Crippen LogP contribution is 2.57. The first-order valence-corrected chi connectivity index (χ1v) is 7.63. The van der Waals surface area contributed by atoms with E-state index in [1.165, 1.54) is 0 Å². The van der Waals surface area contributed by atoms with Crippen LogP contribution in [0.4, 0.5) is 5.69 Å². The molecule has 2 aliphatic carbocycles. The molecule has 0 radical (unpaired) electrons. The van der Waals surface area contributed by atoms with Gasteiger partial charge in [0, 0.05) is 11.6 Å². The molecule has 1 aromatic carbocycles. The van der Waals surface area contributed by atoms with E-state index in [0.717, 1.165) is 29.7 Å². The zero-order valence-corrected chi connectivity index (χ0v) is 12.3. The van der Waals surface area contributed by atoms with Gasteiger partial charge in [0.25, 0.3) is 0 Å². The van der Waals surface area contributed by atoms with Crippen molar-refractivity contribution in [3.05, 3.63) is 29.3 Å². The van der Waals surface area contributed by atoms with Crippen LogP contribution in [0.15, 0.2) is 18.2 Å². The topological polar surface area (TPSA) is 55.4 Å². The Kier molecular flexibility index (Phi) is 2.65. The molecule has 1 N–H and O–H groups in total. The summed E-state index contributed by atoms with van der Waals surface area (Å²) < 4.78 is 5.39. The van der Waals surface area contributed by atoms with E-state index >= 15 is 0 Å². The van der Waals surface area contributed by atoms with Gasteiger partial charge in [0.05, 0.1) is 11.8 Å². The van der Waals surface area contributed by atoms with Crippen LogP contribution >= 0.6 is 0 Å². The number of benzene rings is 1. The molecule has 110 valence electrons. The van der Waals surface area contributed by atoms with E-state index in [1.54, 1.807) is 0 Å². The maximum absolute atomic E-state index is 12.7. The Balaban J connectivity index is 1.58. The Morgan fingerprint density at radius 3 is 2.90 bits per heavy atom. The van der Waals surface area contributed by atoms with Crippen LogP contribution in [0.25, 0.3) is 0 Å². The number of carbonyl (C=O) groups excluding carboxylic acids is 2. The van der Waals surface area contributed by atoms with Crippen LogP contribution in [0.3, 0.4) is 0 Å². The Morgan fingerprint density at radius 1 is 1.29 bits per heavy atom. The number of hydrogen-bond donors (Lipinski definition) is 1. The average molecular weight is 285 g/mol. The third-order valence-corrected chi connectivity index (χ3v) is 5.44. The largest absolute Gasteiger partial charge is 0.462 e. The summed E-state index contributed by atoms with van der Waals surface area (Å²) in [7, 11) is 0. The number of carbonyl (C=O) groups is 2. The number of ether oxygens (including phenoxy) is 1. The van der Waals surface area contributed by atoms with Crippen molar-refractivity contribution >= 4 is 17.6 Å². The van der Waals surface area contributed by atoms with Gasteiger partial charge in [0.1, 0.15) is 6.10 Å². The third-order valence-electron chi connectivity index (χ3n) is 5.44. The number of aryl methyl sites for hydroxylation is 2. The zero-order valence-electron chi connectivity index (χ0n) is 12.3. The molecule has 1 aromatic rings. The van der Waals surface area contributed by atoms with Crippen molar-refractivity contribution in [2.24, 2.45) is 23.7 Å². The molecule has 4 rings (SSSR count). The maximum Gasteiger partial charge on any atom is 0.310 e. The average Bonchev–Trinajstić information content (AvgIpc) is 3.03. The number of nitrogens with one attached hydrogen (secondary N) is 1. The fraction of sp³-hybridized carbons (Fsp3) is 0.529. The summed E-state index contributed by atoms with van der Waals surface area (Å²) in [5.74, 6) is -0.0111. The van der Waals surface area contributed by atoms with Crippen molar-refractivity contribution < 1.29 is 14.3 Å². The quantitative estimate of drug-likeness (QED) is 0.849. The van der Waals surface area contributed by atoms with Crippen LogP contribution in [0.1, 0.15) is 24.0 Å². The molecule has 1 aliphatic heterocycles. The number of rotatable bonds is 2. The molecule has 3 aliphatic rings. The summed E-state index contributed by atoms with van der Waals surface area (Å²) in [6.07, 6.45) is 1.90. The molecule has 0 spiro atoms. The van der Waals surface area contributed by atoms with Gasteiger partial charge >= 0.3 is 5.97 Å². The molecule has 21 heavy (non-hydrogen) atoms. The van der Waals surface area contributed by atoms with Crippen LogP contribution in [0.2, 0.25) is 0 Å². The van der Waals surface area contributed by atoms with E-state index in [-0.39, 0.29) is 35.7 Å². The predicted octanol–water partition coefficient (Wildman–Crippen LogP) is 2.44. The molecular weight excluding hydrogens is 266 g/mol. The molecule has 0 unspecified atom stereocenters. The summed E-state index contributed by atoms with van der Waals surface area (Å²) in [5, 5.41) is 3.03. The molecule has 3 fully saturated rings. The summed E-state index contributed by atoms with van der Waals surface area (Å²) in [4.78, 5) is 24.7. The summed E-state index contributed by atoms with van der Waals surface area (Å²) in [6.45, 7) is 3.99. The van der Waals surface area contributed by atoms with Crippen molar-refractivity contribution in [3.8, 4) is 0 Å². The maximum atomic E-state index is 12.7. The van der Waals surface area contributed by atoms with Crippen LogP contribution < -0.4 is 5.32 Å². The highest BCUT2D eigenvalue weighted by Gasteiger charge is 2.63. The van der Waals surface area contributed by atoms with Crippen LogP contribution in [0, 0.1) is 37.5 Å². The molecule has 4 nitrogen and oxygen atoms in total. The minimum Gasteiger partial charge on any atom is -0.462 e. The van der Waals surface area contributed by atoms with Crippen LogP contribution in [0.5, 0.6) is 0 Å². The number of fused-ring (bicyclic) bond motifs is 1. The van der Waals surface area contributed by atoms with Crippen molar-refractivity contribution in [2.45, 2.75) is 32.8 Å². The van der Waals surface area contributed by atoms with Gasteiger partial charge in [-0.3, -0.25) is 9.59 Å². The number of esters is 1. The minimum absolute atomic E-state index is 0.0153. The predicted molar refractivity (Wildman–Crippen MR) is 77.6 cm³/mol. The van der Waals surface area contributed by atoms with Gasteiger partial charge in [-0.05, 0) is 49.8 Å². The van der Waals surface area contributed by atoms with Crippen molar-refractivity contribution in [2.75, 3.05) is 5.32 Å². The van der Waals surface area contributed by atoms with Gasteiger partial charge in [-0.25, -0.2) is 0 Å². The molecule has 0 aromatic heterocycles. The summed E-state index contributed by atoms with van der Waals surface area (Å²) in [6, 6.07) is 6.02. The molecular formula is C17H19NO3. The lowest BCUT2D eigenvalue weighted by molar-refractivity contribution is -0.145. The fourth-order valence-corrected chi connectivity index (χ4v) is 4.45.